The lowest BCUT2D eigenvalue weighted by molar-refractivity contribution is 0.0979. The summed E-state index contributed by atoms with van der Waals surface area (Å²) in [6.45, 7) is 4.22. The molecule has 0 saturated carbocycles. The SMILES string of the molecule is Cc1sc2ncnc(S[C@H]3CCc4ccccc4C3=O)c2c1C. The van der Waals surface area contributed by atoms with Crippen LogP contribution in [0.25, 0.3) is 10.2 Å². The topological polar surface area (TPSA) is 42.9 Å². The molecule has 0 saturated heterocycles. The fourth-order valence-corrected chi connectivity index (χ4v) is 5.33. The van der Waals surface area contributed by atoms with E-state index in [1.165, 1.54) is 16.0 Å². The number of aromatic nitrogens is 2. The molecule has 116 valence electrons. The van der Waals surface area contributed by atoms with Crippen LogP contribution in [-0.4, -0.2) is 21.0 Å². The molecule has 0 unspecified atom stereocenters. The Labute approximate surface area is 143 Å². The first-order valence-corrected chi connectivity index (χ1v) is 9.34. The predicted octanol–water partition coefficient (Wildman–Crippen LogP) is 4.60. The van der Waals surface area contributed by atoms with E-state index in [1.807, 2.05) is 18.2 Å². The van der Waals surface area contributed by atoms with Crippen LogP contribution in [0.5, 0.6) is 0 Å². The molecule has 0 bridgehead atoms. The van der Waals surface area contributed by atoms with Crippen LogP contribution in [0.1, 0.15) is 32.8 Å². The number of fused-ring (bicyclic) bond motifs is 2. The second-order valence-electron chi connectivity index (χ2n) is 5.81. The van der Waals surface area contributed by atoms with Gasteiger partial charge in [-0.05, 0) is 37.8 Å². The molecular formula is C18H16N2OS2. The molecule has 1 atom stereocenters. The number of thiophene rings is 1. The molecule has 0 spiro atoms. The molecule has 0 fully saturated rings. The van der Waals surface area contributed by atoms with Crippen LogP contribution >= 0.6 is 23.1 Å². The number of rotatable bonds is 2. The molecule has 2 heterocycles. The van der Waals surface area contributed by atoms with Crippen LogP contribution in [0.15, 0.2) is 35.6 Å². The molecule has 0 N–H and O–H groups in total. The van der Waals surface area contributed by atoms with Crippen molar-refractivity contribution in [2.24, 2.45) is 0 Å². The number of hydrogen-bond donors (Lipinski definition) is 0. The lowest BCUT2D eigenvalue weighted by atomic mass is 9.90. The van der Waals surface area contributed by atoms with Gasteiger partial charge in [0.2, 0.25) is 0 Å². The van der Waals surface area contributed by atoms with E-state index in [2.05, 4.69) is 29.9 Å². The molecule has 3 aromatic rings. The van der Waals surface area contributed by atoms with E-state index in [1.54, 1.807) is 29.4 Å². The van der Waals surface area contributed by atoms with Gasteiger partial charge in [0.05, 0.1) is 5.25 Å². The van der Waals surface area contributed by atoms with Gasteiger partial charge in [-0.2, -0.15) is 0 Å². The van der Waals surface area contributed by atoms with Crippen molar-refractivity contribution >= 4 is 39.1 Å². The quantitative estimate of drug-likeness (QED) is 0.640. The first-order valence-electron chi connectivity index (χ1n) is 7.64. The zero-order valence-electron chi connectivity index (χ0n) is 13.0. The van der Waals surface area contributed by atoms with Crippen molar-refractivity contribution in [1.29, 1.82) is 0 Å². The van der Waals surface area contributed by atoms with Crippen molar-refractivity contribution in [2.45, 2.75) is 37.0 Å². The number of Topliss-reactive ketones (excluding diaryl/α,β-unsaturated/α-hetero) is 1. The van der Waals surface area contributed by atoms with Gasteiger partial charge in [-0.25, -0.2) is 9.97 Å². The smallest absolute Gasteiger partial charge is 0.176 e. The van der Waals surface area contributed by atoms with Crippen molar-refractivity contribution in [2.75, 3.05) is 0 Å². The number of benzene rings is 1. The predicted molar refractivity (Wildman–Crippen MR) is 95.6 cm³/mol. The summed E-state index contributed by atoms with van der Waals surface area (Å²) in [5.41, 5.74) is 3.28. The van der Waals surface area contributed by atoms with E-state index in [0.29, 0.717) is 0 Å². The minimum Gasteiger partial charge on any atom is -0.293 e. The molecule has 2 aromatic heterocycles. The van der Waals surface area contributed by atoms with E-state index >= 15 is 0 Å². The first kappa shape index (κ1) is 14.8. The average Bonchev–Trinajstić information content (AvgIpc) is 2.86. The minimum absolute atomic E-state index is 0.0531. The summed E-state index contributed by atoms with van der Waals surface area (Å²) in [6.07, 6.45) is 3.44. The van der Waals surface area contributed by atoms with Crippen LogP contribution < -0.4 is 0 Å². The molecule has 1 aliphatic rings. The summed E-state index contributed by atoms with van der Waals surface area (Å²) >= 11 is 3.29. The Hall–Kier alpha value is -1.72. The lowest BCUT2D eigenvalue weighted by Crippen LogP contribution is -2.24. The second kappa shape index (κ2) is 5.73. The number of ketones is 1. The minimum atomic E-state index is -0.0531. The van der Waals surface area contributed by atoms with Crippen LogP contribution in [0.4, 0.5) is 0 Å². The standard InChI is InChI=1S/C18H16N2OS2/c1-10-11(2)22-17-15(10)18(20-9-19-17)23-14-8-7-12-5-3-4-6-13(12)16(14)21/h3-6,9,14H,7-8H2,1-2H3/t14-/m0/s1. The molecule has 3 nitrogen and oxygen atoms in total. The summed E-state index contributed by atoms with van der Waals surface area (Å²) in [5, 5.41) is 2.00. The van der Waals surface area contributed by atoms with Gasteiger partial charge >= 0.3 is 0 Å². The van der Waals surface area contributed by atoms with Gasteiger partial charge in [0.25, 0.3) is 0 Å². The summed E-state index contributed by atoms with van der Waals surface area (Å²) in [4.78, 5) is 23.9. The van der Waals surface area contributed by atoms with Gasteiger partial charge in [0.1, 0.15) is 16.2 Å². The van der Waals surface area contributed by atoms with Crippen molar-refractivity contribution in [1.82, 2.24) is 9.97 Å². The fourth-order valence-electron chi connectivity index (χ4n) is 3.06. The zero-order valence-corrected chi connectivity index (χ0v) is 14.6. The summed E-state index contributed by atoms with van der Waals surface area (Å²) in [7, 11) is 0. The second-order valence-corrected chi connectivity index (χ2v) is 8.20. The third-order valence-corrected chi connectivity index (χ3v) is 6.82. The molecule has 4 rings (SSSR count). The third-order valence-electron chi connectivity index (χ3n) is 4.44. The molecule has 23 heavy (non-hydrogen) atoms. The Bertz CT molecular complexity index is 917. The zero-order chi connectivity index (χ0) is 16.0. The van der Waals surface area contributed by atoms with E-state index in [0.717, 1.165) is 33.6 Å². The molecule has 0 aliphatic heterocycles. The Morgan fingerprint density at radius 1 is 1.22 bits per heavy atom. The Morgan fingerprint density at radius 2 is 2.04 bits per heavy atom. The largest absolute Gasteiger partial charge is 0.293 e. The number of carbonyl (C=O) groups is 1. The average molecular weight is 340 g/mol. The van der Waals surface area contributed by atoms with Crippen LogP contribution in [0, 0.1) is 13.8 Å². The fraction of sp³-hybridized carbons (Fsp3) is 0.278. The van der Waals surface area contributed by atoms with Crippen molar-refractivity contribution in [3.63, 3.8) is 0 Å². The van der Waals surface area contributed by atoms with Crippen molar-refractivity contribution in [3.05, 3.63) is 52.2 Å². The van der Waals surface area contributed by atoms with Crippen LogP contribution in [0.2, 0.25) is 0 Å². The number of nitrogens with zero attached hydrogens (tertiary/aromatic N) is 2. The maximum atomic E-state index is 12.8. The molecule has 1 aliphatic carbocycles. The maximum absolute atomic E-state index is 12.8. The summed E-state index contributed by atoms with van der Waals surface area (Å²) in [6, 6.07) is 7.95. The molecule has 0 radical (unpaired) electrons. The molecular weight excluding hydrogens is 324 g/mol. The van der Waals surface area contributed by atoms with Crippen LogP contribution in [0.3, 0.4) is 0 Å². The number of aryl methyl sites for hydroxylation is 3. The monoisotopic (exact) mass is 340 g/mol. The van der Waals surface area contributed by atoms with Crippen molar-refractivity contribution < 1.29 is 4.79 Å². The Balaban J connectivity index is 1.71. The Kier molecular flexibility index (Phi) is 3.70. The van der Waals surface area contributed by atoms with Gasteiger partial charge in [-0.15, -0.1) is 11.3 Å². The number of thioether (sulfide) groups is 1. The summed E-state index contributed by atoms with van der Waals surface area (Å²) in [5.74, 6) is 0.230. The van der Waals surface area contributed by atoms with Gasteiger partial charge in [0.15, 0.2) is 5.78 Å². The van der Waals surface area contributed by atoms with Gasteiger partial charge < -0.3 is 0 Å². The van der Waals surface area contributed by atoms with Crippen LogP contribution in [-0.2, 0) is 6.42 Å². The van der Waals surface area contributed by atoms with E-state index < -0.39 is 0 Å². The highest BCUT2D eigenvalue weighted by Gasteiger charge is 2.29. The van der Waals surface area contributed by atoms with Crippen molar-refractivity contribution in [3.8, 4) is 0 Å². The van der Waals surface area contributed by atoms with Gasteiger partial charge in [-0.1, -0.05) is 36.0 Å². The number of hydrogen-bond acceptors (Lipinski definition) is 5. The van der Waals surface area contributed by atoms with E-state index in [4.69, 9.17) is 0 Å². The van der Waals surface area contributed by atoms with Gasteiger partial charge in [0, 0.05) is 15.8 Å². The normalized spacial score (nSPS) is 17.5. The molecule has 5 heteroatoms. The number of carbonyl (C=O) groups excluding carboxylic acids is 1. The summed E-state index contributed by atoms with van der Waals surface area (Å²) < 4.78 is 0. The van der Waals surface area contributed by atoms with Gasteiger partial charge in [-0.3, -0.25) is 4.79 Å². The molecule has 1 aromatic carbocycles. The highest BCUT2D eigenvalue weighted by molar-refractivity contribution is 8.00. The highest BCUT2D eigenvalue weighted by Crippen LogP contribution is 2.39. The van der Waals surface area contributed by atoms with E-state index in [-0.39, 0.29) is 11.0 Å². The lowest BCUT2D eigenvalue weighted by Gasteiger charge is -2.22. The maximum Gasteiger partial charge on any atom is 0.176 e. The highest BCUT2D eigenvalue weighted by atomic mass is 32.2. The third kappa shape index (κ3) is 2.48. The van der Waals surface area contributed by atoms with E-state index in [9.17, 15) is 4.79 Å². The Morgan fingerprint density at radius 3 is 2.91 bits per heavy atom. The first-order chi connectivity index (χ1) is 11.1. The molecule has 0 amide bonds.